The molecule has 1 rings (SSSR count). The first-order valence-electron chi connectivity index (χ1n) is 5.14. The molecular formula is C10H17N3O2S. The van der Waals surface area contributed by atoms with E-state index in [0.29, 0.717) is 17.9 Å². The fraction of sp³-hybridized carbons (Fsp3) is 0.500. The standard InChI is InChI=1S/C10H17N3O2S/c11-8-6-9(13-7-8)10(15)12-2-5-16-4-1-3-14/h6-7,13-14H,1-5,11H2,(H,12,15). The van der Waals surface area contributed by atoms with Gasteiger partial charge in [-0.15, -0.1) is 0 Å². The Kier molecular flexibility index (Phi) is 5.81. The number of hydrogen-bond acceptors (Lipinski definition) is 4. The maximum Gasteiger partial charge on any atom is 0.267 e. The third kappa shape index (κ3) is 4.59. The molecule has 0 aliphatic heterocycles. The molecule has 1 aromatic heterocycles. The molecule has 0 saturated carbocycles. The monoisotopic (exact) mass is 243 g/mol. The van der Waals surface area contributed by atoms with Crippen molar-refractivity contribution in [3.05, 3.63) is 18.0 Å². The van der Waals surface area contributed by atoms with Crippen molar-refractivity contribution in [3.63, 3.8) is 0 Å². The lowest BCUT2D eigenvalue weighted by atomic mass is 10.4. The number of aliphatic hydroxyl groups excluding tert-OH is 1. The number of amides is 1. The number of carbonyl (C=O) groups is 1. The van der Waals surface area contributed by atoms with Crippen molar-refractivity contribution < 1.29 is 9.90 Å². The molecule has 0 bridgehead atoms. The number of nitrogens with two attached hydrogens (primary N) is 1. The van der Waals surface area contributed by atoms with E-state index >= 15 is 0 Å². The zero-order valence-corrected chi connectivity index (χ0v) is 9.85. The van der Waals surface area contributed by atoms with Gasteiger partial charge in [-0.05, 0) is 18.2 Å². The minimum Gasteiger partial charge on any atom is -0.397 e. The quantitative estimate of drug-likeness (QED) is 0.523. The number of aromatic nitrogens is 1. The van der Waals surface area contributed by atoms with Crippen molar-refractivity contribution in [2.75, 3.05) is 30.4 Å². The van der Waals surface area contributed by atoms with Crippen LogP contribution < -0.4 is 11.1 Å². The molecule has 16 heavy (non-hydrogen) atoms. The molecular weight excluding hydrogens is 226 g/mol. The Morgan fingerprint density at radius 1 is 1.56 bits per heavy atom. The number of H-pyrrole nitrogens is 1. The molecule has 0 fully saturated rings. The number of nitrogens with one attached hydrogen (secondary N) is 2. The average molecular weight is 243 g/mol. The van der Waals surface area contributed by atoms with E-state index in [1.54, 1.807) is 24.0 Å². The van der Waals surface area contributed by atoms with Gasteiger partial charge in [0.15, 0.2) is 0 Å². The first kappa shape index (κ1) is 12.9. The number of aromatic amines is 1. The van der Waals surface area contributed by atoms with E-state index in [9.17, 15) is 4.79 Å². The van der Waals surface area contributed by atoms with Gasteiger partial charge in [-0.25, -0.2) is 0 Å². The van der Waals surface area contributed by atoms with Gasteiger partial charge in [0.2, 0.25) is 0 Å². The fourth-order valence-corrected chi connectivity index (χ4v) is 1.93. The number of rotatable bonds is 7. The second-order valence-corrected chi connectivity index (χ2v) is 4.52. The summed E-state index contributed by atoms with van der Waals surface area (Å²) in [6.45, 7) is 0.842. The lowest BCUT2D eigenvalue weighted by Crippen LogP contribution is -2.26. The van der Waals surface area contributed by atoms with Crippen LogP contribution in [0.3, 0.4) is 0 Å². The topological polar surface area (TPSA) is 91.1 Å². The van der Waals surface area contributed by atoms with E-state index in [0.717, 1.165) is 17.9 Å². The van der Waals surface area contributed by atoms with Gasteiger partial charge in [0.25, 0.3) is 5.91 Å². The number of aliphatic hydroxyl groups is 1. The summed E-state index contributed by atoms with van der Waals surface area (Å²) in [6, 6.07) is 1.61. The molecule has 6 heteroatoms. The number of carbonyl (C=O) groups excluding carboxylic acids is 1. The number of thioether (sulfide) groups is 1. The molecule has 0 radical (unpaired) electrons. The molecule has 1 amide bonds. The van der Waals surface area contributed by atoms with Gasteiger partial charge < -0.3 is 21.1 Å². The Morgan fingerprint density at radius 3 is 3.00 bits per heavy atom. The van der Waals surface area contributed by atoms with Crippen LogP contribution in [-0.4, -0.2) is 40.7 Å². The van der Waals surface area contributed by atoms with Crippen LogP contribution in [-0.2, 0) is 0 Å². The molecule has 1 heterocycles. The number of anilines is 1. The van der Waals surface area contributed by atoms with Gasteiger partial charge in [0, 0.05) is 30.8 Å². The minimum absolute atomic E-state index is 0.139. The summed E-state index contributed by atoms with van der Waals surface area (Å²) in [5.74, 6) is 1.63. The Hall–Kier alpha value is -1.14. The van der Waals surface area contributed by atoms with Crippen molar-refractivity contribution in [3.8, 4) is 0 Å². The van der Waals surface area contributed by atoms with Crippen LogP contribution in [0.5, 0.6) is 0 Å². The van der Waals surface area contributed by atoms with Crippen LogP contribution in [0.25, 0.3) is 0 Å². The molecule has 0 saturated heterocycles. The van der Waals surface area contributed by atoms with Gasteiger partial charge in [-0.3, -0.25) is 4.79 Å². The normalized spacial score (nSPS) is 10.3. The largest absolute Gasteiger partial charge is 0.397 e. The van der Waals surface area contributed by atoms with E-state index < -0.39 is 0 Å². The summed E-state index contributed by atoms with van der Waals surface area (Å²) in [5, 5.41) is 11.3. The highest BCUT2D eigenvalue weighted by molar-refractivity contribution is 7.99. The Labute approximate surface area is 98.8 Å². The number of nitrogen functional groups attached to an aromatic ring is 1. The molecule has 0 spiro atoms. The first-order chi connectivity index (χ1) is 7.74. The van der Waals surface area contributed by atoms with Crippen LogP contribution in [0, 0.1) is 0 Å². The summed E-state index contributed by atoms with van der Waals surface area (Å²) in [6.07, 6.45) is 2.39. The van der Waals surface area contributed by atoms with Gasteiger partial charge >= 0.3 is 0 Å². The molecule has 0 aliphatic rings. The van der Waals surface area contributed by atoms with E-state index in [2.05, 4.69) is 10.3 Å². The second-order valence-electron chi connectivity index (χ2n) is 3.29. The Morgan fingerprint density at radius 2 is 2.38 bits per heavy atom. The van der Waals surface area contributed by atoms with E-state index in [4.69, 9.17) is 10.8 Å². The molecule has 5 nitrogen and oxygen atoms in total. The van der Waals surface area contributed by atoms with Crippen LogP contribution in [0.2, 0.25) is 0 Å². The predicted octanol–water partition coefficient (Wildman–Crippen LogP) is 0.442. The van der Waals surface area contributed by atoms with Crippen molar-refractivity contribution in [2.24, 2.45) is 0 Å². The van der Waals surface area contributed by atoms with Crippen molar-refractivity contribution >= 4 is 23.4 Å². The molecule has 1 aromatic rings. The highest BCUT2D eigenvalue weighted by Crippen LogP contribution is 2.04. The lowest BCUT2D eigenvalue weighted by molar-refractivity contribution is 0.0952. The summed E-state index contributed by atoms with van der Waals surface area (Å²) in [7, 11) is 0. The minimum atomic E-state index is -0.139. The molecule has 0 aromatic carbocycles. The van der Waals surface area contributed by atoms with Crippen molar-refractivity contribution in [1.82, 2.24) is 10.3 Å². The van der Waals surface area contributed by atoms with Crippen molar-refractivity contribution in [1.29, 1.82) is 0 Å². The highest BCUT2D eigenvalue weighted by atomic mass is 32.2. The molecule has 5 N–H and O–H groups in total. The zero-order valence-electron chi connectivity index (χ0n) is 9.03. The zero-order chi connectivity index (χ0) is 11.8. The summed E-state index contributed by atoms with van der Waals surface area (Å²) < 4.78 is 0. The summed E-state index contributed by atoms with van der Waals surface area (Å²) >= 11 is 1.71. The van der Waals surface area contributed by atoms with E-state index in [1.165, 1.54) is 0 Å². The maximum atomic E-state index is 11.5. The van der Waals surface area contributed by atoms with Gasteiger partial charge in [0.1, 0.15) is 5.69 Å². The van der Waals surface area contributed by atoms with Crippen LogP contribution >= 0.6 is 11.8 Å². The average Bonchev–Trinajstić information content (AvgIpc) is 2.70. The van der Waals surface area contributed by atoms with Crippen LogP contribution in [0.4, 0.5) is 5.69 Å². The van der Waals surface area contributed by atoms with E-state index in [1.807, 2.05) is 0 Å². The van der Waals surface area contributed by atoms with Gasteiger partial charge in [0.05, 0.1) is 0 Å². The Balaban J connectivity index is 2.11. The molecule has 0 aliphatic carbocycles. The smallest absolute Gasteiger partial charge is 0.267 e. The molecule has 90 valence electrons. The third-order valence-electron chi connectivity index (χ3n) is 1.93. The van der Waals surface area contributed by atoms with Crippen LogP contribution in [0.1, 0.15) is 16.9 Å². The summed E-state index contributed by atoms with van der Waals surface area (Å²) in [5.41, 5.74) is 6.53. The SMILES string of the molecule is Nc1c[nH]c(C(=O)NCCSCCCO)c1. The fourth-order valence-electron chi connectivity index (χ4n) is 1.14. The second kappa shape index (κ2) is 7.19. The van der Waals surface area contributed by atoms with Crippen LogP contribution in [0.15, 0.2) is 12.3 Å². The molecule has 0 atom stereocenters. The highest BCUT2D eigenvalue weighted by Gasteiger charge is 2.05. The van der Waals surface area contributed by atoms with Gasteiger partial charge in [-0.1, -0.05) is 0 Å². The van der Waals surface area contributed by atoms with Gasteiger partial charge in [-0.2, -0.15) is 11.8 Å². The number of hydrogen-bond donors (Lipinski definition) is 4. The lowest BCUT2D eigenvalue weighted by Gasteiger charge is -2.03. The first-order valence-corrected chi connectivity index (χ1v) is 6.30. The maximum absolute atomic E-state index is 11.5. The third-order valence-corrected chi connectivity index (χ3v) is 3.00. The predicted molar refractivity (Wildman–Crippen MR) is 66.6 cm³/mol. The van der Waals surface area contributed by atoms with Crippen molar-refractivity contribution in [2.45, 2.75) is 6.42 Å². The Bertz CT molecular complexity index is 328. The molecule has 0 unspecified atom stereocenters. The van der Waals surface area contributed by atoms with E-state index in [-0.39, 0.29) is 12.5 Å². The summed E-state index contributed by atoms with van der Waals surface area (Å²) in [4.78, 5) is 14.3.